The number of benzene rings is 2. The van der Waals surface area contributed by atoms with E-state index < -0.39 is 10.0 Å². The topological polar surface area (TPSA) is 77.0 Å². The molecule has 2 rings (SSSR count). The van der Waals surface area contributed by atoms with Crippen molar-refractivity contribution in [2.45, 2.75) is 4.90 Å². The van der Waals surface area contributed by atoms with Crippen molar-refractivity contribution in [3.05, 3.63) is 53.1 Å². The summed E-state index contributed by atoms with van der Waals surface area (Å²) < 4.78 is 34.3. The molecule has 0 aliphatic rings. The number of hydrazone groups is 1. The number of sulfonamides is 1. The van der Waals surface area contributed by atoms with Crippen LogP contribution in [0.25, 0.3) is 0 Å². The van der Waals surface area contributed by atoms with Crippen molar-refractivity contribution in [1.82, 2.24) is 4.83 Å². The molecule has 23 heavy (non-hydrogen) atoms. The predicted octanol–water partition coefficient (Wildman–Crippen LogP) is 2.67. The molecule has 1 N–H and O–H groups in total. The minimum absolute atomic E-state index is 0.127. The molecule has 0 saturated heterocycles. The Morgan fingerprint density at radius 2 is 1.83 bits per heavy atom. The maximum Gasteiger partial charge on any atom is 0.276 e. The standard InChI is InChI=1S/C15H15ClN2O4S/c1-21-14-9-11(8-13(16)15(14)22-2)10-17-18-23(19,20)12-6-4-3-5-7-12/h3-10,18H,1-2H3/b17-10+. The van der Waals surface area contributed by atoms with E-state index in [0.717, 1.165) is 0 Å². The van der Waals surface area contributed by atoms with Crippen LogP contribution in [0.4, 0.5) is 0 Å². The van der Waals surface area contributed by atoms with Gasteiger partial charge in [-0.3, -0.25) is 0 Å². The predicted molar refractivity (Wildman–Crippen MR) is 88.9 cm³/mol. The highest BCUT2D eigenvalue weighted by Crippen LogP contribution is 2.35. The first kappa shape index (κ1) is 17.1. The molecule has 0 saturated carbocycles. The van der Waals surface area contributed by atoms with E-state index in [1.807, 2.05) is 0 Å². The molecule has 0 fully saturated rings. The number of hydrogen-bond acceptors (Lipinski definition) is 5. The fourth-order valence-electron chi connectivity index (χ4n) is 1.84. The fraction of sp³-hybridized carbons (Fsp3) is 0.133. The van der Waals surface area contributed by atoms with Gasteiger partial charge in [-0.25, -0.2) is 4.83 Å². The van der Waals surface area contributed by atoms with E-state index in [0.29, 0.717) is 22.1 Å². The Balaban J connectivity index is 2.20. The van der Waals surface area contributed by atoms with Gasteiger partial charge in [0.25, 0.3) is 10.0 Å². The van der Waals surface area contributed by atoms with E-state index >= 15 is 0 Å². The van der Waals surface area contributed by atoms with Crippen molar-refractivity contribution < 1.29 is 17.9 Å². The zero-order valence-electron chi connectivity index (χ0n) is 12.5. The number of halogens is 1. The Hall–Kier alpha value is -2.25. The molecule has 2 aromatic carbocycles. The van der Waals surface area contributed by atoms with Gasteiger partial charge in [-0.1, -0.05) is 29.8 Å². The lowest BCUT2D eigenvalue weighted by Crippen LogP contribution is -2.18. The van der Waals surface area contributed by atoms with Crippen LogP contribution in [0.3, 0.4) is 0 Å². The van der Waals surface area contributed by atoms with E-state index in [4.69, 9.17) is 21.1 Å². The summed E-state index contributed by atoms with van der Waals surface area (Å²) in [7, 11) is -0.749. The lowest BCUT2D eigenvalue weighted by atomic mass is 10.2. The molecule has 8 heteroatoms. The Morgan fingerprint density at radius 1 is 1.13 bits per heavy atom. The van der Waals surface area contributed by atoms with Gasteiger partial charge in [0.15, 0.2) is 11.5 Å². The van der Waals surface area contributed by atoms with Gasteiger partial charge in [0, 0.05) is 0 Å². The molecule has 6 nitrogen and oxygen atoms in total. The molecule has 122 valence electrons. The molecule has 2 aromatic rings. The van der Waals surface area contributed by atoms with Gasteiger partial charge in [-0.15, -0.1) is 0 Å². The average molecular weight is 355 g/mol. The number of methoxy groups -OCH3 is 2. The third-order valence-electron chi connectivity index (χ3n) is 2.90. The molecular weight excluding hydrogens is 340 g/mol. The summed E-state index contributed by atoms with van der Waals surface area (Å²) in [6.45, 7) is 0. The number of nitrogens with zero attached hydrogens (tertiary/aromatic N) is 1. The lowest BCUT2D eigenvalue weighted by molar-refractivity contribution is 0.355. The zero-order chi connectivity index (χ0) is 16.9. The van der Waals surface area contributed by atoms with Crippen LogP contribution < -0.4 is 14.3 Å². The van der Waals surface area contributed by atoms with Crippen LogP contribution in [0.2, 0.25) is 5.02 Å². The van der Waals surface area contributed by atoms with Gasteiger partial charge in [0.2, 0.25) is 0 Å². The van der Waals surface area contributed by atoms with E-state index in [-0.39, 0.29) is 4.90 Å². The SMILES string of the molecule is COc1cc(/C=N/NS(=O)(=O)c2ccccc2)cc(Cl)c1OC. The molecule has 0 atom stereocenters. The Morgan fingerprint density at radius 3 is 2.43 bits per heavy atom. The minimum Gasteiger partial charge on any atom is -0.493 e. The van der Waals surface area contributed by atoms with Crippen LogP contribution in [-0.2, 0) is 10.0 Å². The molecule has 0 aliphatic carbocycles. The molecule has 0 unspecified atom stereocenters. The second-order valence-electron chi connectivity index (χ2n) is 4.40. The van der Waals surface area contributed by atoms with Crippen molar-refractivity contribution in [3.63, 3.8) is 0 Å². The quantitative estimate of drug-likeness (QED) is 0.639. The highest BCUT2D eigenvalue weighted by atomic mass is 35.5. The van der Waals surface area contributed by atoms with Gasteiger partial charge in [-0.05, 0) is 29.8 Å². The molecular formula is C15H15ClN2O4S. The second-order valence-corrected chi connectivity index (χ2v) is 6.47. The Kier molecular flexibility index (Phi) is 5.46. The van der Waals surface area contributed by atoms with Crippen LogP contribution in [0.5, 0.6) is 11.5 Å². The van der Waals surface area contributed by atoms with Gasteiger partial charge < -0.3 is 9.47 Å². The highest BCUT2D eigenvalue weighted by Gasteiger charge is 2.12. The normalized spacial score (nSPS) is 11.4. The summed E-state index contributed by atoms with van der Waals surface area (Å²) in [6.07, 6.45) is 1.33. The molecule has 0 aliphatic heterocycles. The van der Waals surface area contributed by atoms with Crippen LogP contribution in [-0.4, -0.2) is 28.9 Å². The van der Waals surface area contributed by atoms with Crippen molar-refractivity contribution in [3.8, 4) is 11.5 Å². The molecule has 0 amide bonds. The van der Waals surface area contributed by atoms with Gasteiger partial charge in [0.1, 0.15) is 0 Å². The van der Waals surface area contributed by atoms with E-state index in [1.165, 1.54) is 32.6 Å². The third kappa shape index (κ3) is 4.14. The van der Waals surface area contributed by atoms with Gasteiger partial charge in [0.05, 0.1) is 30.4 Å². The summed E-state index contributed by atoms with van der Waals surface area (Å²) in [5, 5.41) is 4.08. The fourth-order valence-corrected chi connectivity index (χ4v) is 2.94. The zero-order valence-corrected chi connectivity index (χ0v) is 14.1. The number of nitrogens with one attached hydrogen (secondary N) is 1. The summed E-state index contributed by atoms with van der Waals surface area (Å²) in [6, 6.07) is 11.2. The molecule has 0 bridgehead atoms. The lowest BCUT2D eigenvalue weighted by Gasteiger charge is -2.10. The van der Waals surface area contributed by atoms with Crippen molar-refractivity contribution in [2.75, 3.05) is 14.2 Å². The van der Waals surface area contributed by atoms with E-state index in [1.54, 1.807) is 30.3 Å². The molecule has 0 heterocycles. The smallest absolute Gasteiger partial charge is 0.276 e. The number of hydrogen-bond donors (Lipinski definition) is 1. The average Bonchev–Trinajstić information content (AvgIpc) is 2.55. The van der Waals surface area contributed by atoms with Crippen LogP contribution in [0.15, 0.2) is 52.5 Å². The van der Waals surface area contributed by atoms with Crippen LogP contribution in [0.1, 0.15) is 5.56 Å². The summed E-state index contributed by atoms with van der Waals surface area (Å²) in [5.74, 6) is 0.823. The summed E-state index contributed by atoms with van der Waals surface area (Å²) in [4.78, 5) is 2.26. The van der Waals surface area contributed by atoms with Crippen LogP contribution >= 0.6 is 11.6 Å². The summed E-state index contributed by atoms with van der Waals surface area (Å²) in [5.41, 5.74) is 0.559. The molecule has 0 radical (unpaired) electrons. The molecule has 0 aromatic heterocycles. The monoisotopic (exact) mass is 354 g/mol. The first-order valence-electron chi connectivity index (χ1n) is 6.49. The first-order valence-corrected chi connectivity index (χ1v) is 8.35. The van der Waals surface area contributed by atoms with Crippen molar-refractivity contribution in [2.24, 2.45) is 5.10 Å². The van der Waals surface area contributed by atoms with E-state index in [2.05, 4.69) is 9.93 Å². The number of rotatable bonds is 6. The minimum atomic E-state index is -3.71. The largest absolute Gasteiger partial charge is 0.493 e. The Bertz CT molecular complexity index is 808. The van der Waals surface area contributed by atoms with Gasteiger partial charge >= 0.3 is 0 Å². The molecule has 0 spiro atoms. The first-order chi connectivity index (χ1) is 11.0. The van der Waals surface area contributed by atoms with Crippen molar-refractivity contribution in [1.29, 1.82) is 0 Å². The highest BCUT2D eigenvalue weighted by molar-refractivity contribution is 7.89. The number of ether oxygens (including phenoxy) is 2. The summed E-state index contributed by atoms with van der Waals surface area (Å²) >= 11 is 6.07. The van der Waals surface area contributed by atoms with E-state index in [9.17, 15) is 8.42 Å². The van der Waals surface area contributed by atoms with Crippen LogP contribution in [0, 0.1) is 0 Å². The Labute approximate surface area is 139 Å². The maximum atomic E-state index is 12.0. The third-order valence-corrected chi connectivity index (χ3v) is 4.42. The maximum absolute atomic E-state index is 12.0. The van der Waals surface area contributed by atoms with Gasteiger partial charge in [-0.2, -0.15) is 13.5 Å². The van der Waals surface area contributed by atoms with Crippen molar-refractivity contribution >= 4 is 27.8 Å². The second kappa shape index (κ2) is 7.34.